The van der Waals surface area contributed by atoms with Gasteiger partial charge in [-0.25, -0.2) is 0 Å². The number of ether oxygens (including phenoxy) is 3. The normalized spacial score (nSPS) is 32.5. The number of hydrogen-bond donors (Lipinski definition) is 0. The Morgan fingerprint density at radius 3 is 2.74 bits per heavy atom. The maximum Gasteiger partial charge on any atom is 0.188 e. The monoisotopic (exact) mass is 372 g/mol. The lowest BCUT2D eigenvalue weighted by atomic mass is 9.72. The van der Waals surface area contributed by atoms with Gasteiger partial charge in [-0.2, -0.15) is 0 Å². The second-order valence-corrected chi connectivity index (χ2v) is 7.95. The number of methoxy groups -OCH3 is 1. The predicted molar refractivity (Wildman–Crippen MR) is 106 cm³/mol. The molecule has 0 amide bonds. The molecule has 1 saturated heterocycles. The highest BCUT2D eigenvalue weighted by atomic mass is 16.7. The maximum absolute atomic E-state index is 13.0. The van der Waals surface area contributed by atoms with E-state index >= 15 is 0 Å². The fourth-order valence-electron chi connectivity index (χ4n) is 4.43. The van der Waals surface area contributed by atoms with Gasteiger partial charge in [0.25, 0.3) is 0 Å². The van der Waals surface area contributed by atoms with E-state index in [1.165, 1.54) is 25.7 Å². The van der Waals surface area contributed by atoms with E-state index in [2.05, 4.69) is 6.92 Å². The van der Waals surface area contributed by atoms with Gasteiger partial charge < -0.3 is 14.2 Å². The fourth-order valence-corrected chi connectivity index (χ4v) is 4.43. The van der Waals surface area contributed by atoms with Gasteiger partial charge >= 0.3 is 0 Å². The number of ketones is 1. The molecule has 0 bridgehead atoms. The summed E-state index contributed by atoms with van der Waals surface area (Å²) in [5, 5.41) is 0. The first-order valence-corrected chi connectivity index (χ1v) is 10.2. The first kappa shape index (κ1) is 20.1. The molecule has 148 valence electrons. The average molecular weight is 373 g/mol. The van der Waals surface area contributed by atoms with Crippen molar-refractivity contribution in [3.8, 4) is 0 Å². The number of fused-ring (bicyclic) bond motifs is 3. The minimum absolute atomic E-state index is 0.0162. The molecule has 1 fully saturated rings. The summed E-state index contributed by atoms with van der Waals surface area (Å²) < 4.78 is 18.0. The molecule has 4 nitrogen and oxygen atoms in total. The SMILES string of the molecule is C/C=C/C1=CC2=CC(=O)[C@]3(C)O[C@@](CCCCCCC)(OC)C[C@@H]3C2=CO1. The van der Waals surface area contributed by atoms with Gasteiger partial charge in [0.05, 0.1) is 6.26 Å². The third kappa shape index (κ3) is 3.83. The smallest absolute Gasteiger partial charge is 0.188 e. The van der Waals surface area contributed by atoms with Crippen molar-refractivity contribution in [2.24, 2.45) is 5.92 Å². The lowest BCUT2D eigenvalue weighted by molar-refractivity contribution is -0.235. The molecule has 0 aromatic rings. The van der Waals surface area contributed by atoms with Crippen LogP contribution in [0.1, 0.15) is 65.7 Å². The van der Waals surface area contributed by atoms with E-state index in [0.29, 0.717) is 6.42 Å². The van der Waals surface area contributed by atoms with E-state index in [-0.39, 0.29) is 11.7 Å². The summed E-state index contributed by atoms with van der Waals surface area (Å²) in [6.45, 7) is 6.06. The molecule has 0 spiro atoms. The summed E-state index contributed by atoms with van der Waals surface area (Å²) in [5.41, 5.74) is 1.08. The molecule has 3 aliphatic rings. The van der Waals surface area contributed by atoms with Crippen molar-refractivity contribution in [1.29, 1.82) is 0 Å². The molecule has 4 heteroatoms. The quantitative estimate of drug-likeness (QED) is 0.538. The summed E-state index contributed by atoms with van der Waals surface area (Å²) >= 11 is 0. The molecule has 27 heavy (non-hydrogen) atoms. The van der Waals surface area contributed by atoms with Crippen molar-refractivity contribution in [2.75, 3.05) is 7.11 Å². The van der Waals surface area contributed by atoms with E-state index in [1.54, 1.807) is 19.4 Å². The van der Waals surface area contributed by atoms with E-state index < -0.39 is 11.4 Å². The number of carbonyl (C=O) groups is 1. The van der Waals surface area contributed by atoms with Crippen molar-refractivity contribution in [3.05, 3.63) is 47.5 Å². The molecule has 2 aliphatic heterocycles. The molecule has 3 atom stereocenters. The third-order valence-electron chi connectivity index (χ3n) is 6.05. The summed E-state index contributed by atoms with van der Waals surface area (Å²) in [7, 11) is 1.70. The topological polar surface area (TPSA) is 44.8 Å². The van der Waals surface area contributed by atoms with Gasteiger partial charge in [-0.1, -0.05) is 38.7 Å². The number of hydrogen-bond acceptors (Lipinski definition) is 4. The Morgan fingerprint density at radius 1 is 1.26 bits per heavy atom. The molecule has 0 unspecified atom stereocenters. The molecule has 1 aliphatic carbocycles. The van der Waals surface area contributed by atoms with Gasteiger partial charge in [0.1, 0.15) is 11.4 Å². The van der Waals surface area contributed by atoms with Crippen LogP contribution >= 0.6 is 0 Å². The van der Waals surface area contributed by atoms with Crippen LogP contribution in [0.3, 0.4) is 0 Å². The molecule has 3 rings (SSSR count). The van der Waals surface area contributed by atoms with Gasteiger partial charge in [-0.15, -0.1) is 0 Å². The Kier molecular flexibility index (Phi) is 6.07. The lowest BCUT2D eigenvalue weighted by Gasteiger charge is -2.35. The van der Waals surface area contributed by atoms with Crippen molar-refractivity contribution in [1.82, 2.24) is 0 Å². The van der Waals surface area contributed by atoms with Crippen LogP contribution in [-0.2, 0) is 19.0 Å². The second kappa shape index (κ2) is 8.15. The van der Waals surface area contributed by atoms with Crippen molar-refractivity contribution >= 4 is 5.78 Å². The van der Waals surface area contributed by atoms with Crippen LogP contribution in [0.4, 0.5) is 0 Å². The summed E-state index contributed by atoms with van der Waals surface area (Å²) in [6.07, 6.45) is 16.7. The van der Waals surface area contributed by atoms with Gasteiger partial charge in [0.2, 0.25) is 0 Å². The number of carbonyl (C=O) groups excluding carboxylic acids is 1. The highest BCUT2D eigenvalue weighted by Crippen LogP contribution is 2.53. The van der Waals surface area contributed by atoms with Gasteiger partial charge in [0.15, 0.2) is 11.6 Å². The fraction of sp³-hybridized carbons (Fsp3) is 0.609. The molecule has 0 radical (unpaired) electrons. The maximum atomic E-state index is 13.0. The zero-order valence-corrected chi connectivity index (χ0v) is 17.0. The van der Waals surface area contributed by atoms with Crippen LogP contribution in [0.25, 0.3) is 0 Å². The lowest BCUT2D eigenvalue weighted by Crippen LogP contribution is -2.45. The molecule has 0 N–H and O–H groups in total. The first-order chi connectivity index (χ1) is 13.0. The van der Waals surface area contributed by atoms with Crippen LogP contribution in [0.2, 0.25) is 0 Å². The Balaban J connectivity index is 1.79. The Labute approximate surface area is 162 Å². The second-order valence-electron chi connectivity index (χ2n) is 7.95. The Morgan fingerprint density at radius 2 is 2.04 bits per heavy atom. The first-order valence-electron chi connectivity index (χ1n) is 10.2. The molecule has 0 saturated carbocycles. The van der Waals surface area contributed by atoms with Crippen molar-refractivity contribution in [2.45, 2.75) is 77.1 Å². The minimum atomic E-state index is -0.885. The van der Waals surface area contributed by atoms with E-state index in [9.17, 15) is 4.79 Å². The zero-order valence-electron chi connectivity index (χ0n) is 17.0. The molecular formula is C23H32O4. The van der Waals surface area contributed by atoms with Crippen molar-refractivity contribution in [3.63, 3.8) is 0 Å². The van der Waals surface area contributed by atoms with Crippen LogP contribution in [0.5, 0.6) is 0 Å². The van der Waals surface area contributed by atoms with E-state index in [1.807, 2.05) is 32.1 Å². The minimum Gasteiger partial charge on any atom is -0.465 e. The number of rotatable bonds is 8. The highest BCUT2D eigenvalue weighted by molar-refractivity contribution is 6.01. The number of unbranched alkanes of at least 4 members (excludes halogenated alkanes) is 4. The summed E-state index contributed by atoms with van der Waals surface area (Å²) in [5.74, 6) is 0.0157. The van der Waals surface area contributed by atoms with Crippen LogP contribution in [0, 0.1) is 5.92 Å². The summed E-state index contributed by atoms with van der Waals surface area (Å²) in [4.78, 5) is 13.0. The Bertz CT molecular complexity index is 699. The molecular weight excluding hydrogens is 340 g/mol. The third-order valence-corrected chi connectivity index (χ3v) is 6.05. The van der Waals surface area contributed by atoms with E-state index in [0.717, 1.165) is 29.7 Å². The van der Waals surface area contributed by atoms with Gasteiger partial charge in [-0.05, 0) is 44.1 Å². The average Bonchev–Trinajstić information content (AvgIpc) is 2.97. The van der Waals surface area contributed by atoms with Gasteiger partial charge in [-0.3, -0.25) is 4.79 Å². The van der Waals surface area contributed by atoms with Crippen LogP contribution < -0.4 is 0 Å². The van der Waals surface area contributed by atoms with Crippen LogP contribution in [0.15, 0.2) is 47.5 Å². The van der Waals surface area contributed by atoms with Crippen LogP contribution in [-0.4, -0.2) is 24.3 Å². The summed E-state index contributed by atoms with van der Waals surface area (Å²) in [6, 6.07) is 0. The zero-order chi connectivity index (χ0) is 19.5. The molecule has 0 aromatic carbocycles. The Hall–Kier alpha value is -1.65. The van der Waals surface area contributed by atoms with Crippen molar-refractivity contribution < 1.29 is 19.0 Å². The standard InChI is InChI=1S/C23H32O4/c1-5-7-8-9-10-12-23(25-4)15-20-19-16-26-18(11-6-2)13-17(19)14-21(24)22(20,3)27-23/h6,11,13-14,16,20H,5,7-10,12,15H2,1-4H3/b11-6+/t20-,22-,23-/m1/s1. The predicted octanol–water partition coefficient (Wildman–Crippen LogP) is 5.37. The highest BCUT2D eigenvalue weighted by Gasteiger charge is 2.59. The van der Waals surface area contributed by atoms with E-state index in [4.69, 9.17) is 14.2 Å². The molecule has 0 aromatic heterocycles. The number of allylic oxidation sites excluding steroid dienone is 4. The molecule has 2 heterocycles. The van der Waals surface area contributed by atoms with Gasteiger partial charge in [0, 0.05) is 31.4 Å². The largest absolute Gasteiger partial charge is 0.465 e.